The Morgan fingerprint density at radius 1 is 1.30 bits per heavy atom. The van der Waals surface area contributed by atoms with E-state index in [4.69, 9.17) is 4.74 Å². The third-order valence-corrected chi connectivity index (χ3v) is 5.10. The number of hydrogen-bond donors (Lipinski definition) is 1. The van der Waals surface area contributed by atoms with Crippen LogP contribution in [0.3, 0.4) is 0 Å². The zero-order valence-corrected chi connectivity index (χ0v) is 13.3. The lowest BCUT2D eigenvalue weighted by Gasteiger charge is -2.49. The largest absolute Gasteiger partial charge is 0.465 e. The van der Waals surface area contributed by atoms with E-state index in [1.54, 1.807) is 0 Å². The van der Waals surface area contributed by atoms with Gasteiger partial charge in [-0.15, -0.1) is 0 Å². The molecular weight excluding hydrogens is 252 g/mol. The van der Waals surface area contributed by atoms with Crippen LogP contribution >= 0.6 is 0 Å². The topological polar surface area (TPSA) is 41.6 Å². The van der Waals surface area contributed by atoms with Crippen LogP contribution in [0.1, 0.15) is 46.5 Å². The summed E-state index contributed by atoms with van der Waals surface area (Å²) in [7, 11) is 0. The molecule has 3 atom stereocenters. The smallest absolute Gasteiger partial charge is 0.326 e. The molecule has 1 heterocycles. The second kappa shape index (κ2) is 6.90. The minimum atomic E-state index is -0.389. The van der Waals surface area contributed by atoms with Gasteiger partial charge in [-0.1, -0.05) is 20.3 Å². The molecule has 0 aromatic carbocycles. The van der Waals surface area contributed by atoms with Gasteiger partial charge in [0, 0.05) is 19.6 Å². The van der Waals surface area contributed by atoms with E-state index < -0.39 is 0 Å². The SMILES string of the molecule is CCOC(=O)C1(N2CCCNCC2)CC(C)CCC1C. The average Bonchev–Trinajstić information content (AvgIpc) is 2.71. The molecule has 4 nitrogen and oxygen atoms in total. The van der Waals surface area contributed by atoms with Crippen molar-refractivity contribution in [1.29, 1.82) is 0 Å². The molecular formula is C16H30N2O2. The molecule has 3 unspecified atom stereocenters. The molecule has 0 aromatic rings. The van der Waals surface area contributed by atoms with Crippen molar-refractivity contribution in [2.45, 2.75) is 52.0 Å². The van der Waals surface area contributed by atoms with Crippen LogP contribution in [0, 0.1) is 11.8 Å². The van der Waals surface area contributed by atoms with Crippen molar-refractivity contribution in [2.24, 2.45) is 11.8 Å². The summed E-state index contributed by atoms with van der Waals surface area (Å²) in [6.07, 6.45) is 4.42. The molecule has 0 bridgehead atoms. The van der Waals surface area contributed by atoms with Crippen molar-refractivity contribution in [3.8, 4) is 0 Å². The molecule has 1 aliphatic carbocycles. The quantitative estimate of drug-likeness (QED) is 0.804. The van der Waals surface area contributed by atoms with Gasteiger partial charge in [0.05, 0.1) is 6.61 Å². The third kappa shape index (κ3) is 3.01. The molecule has 116 valence electrons. The summed E-state index contributed by atoms with van der Waals surface area (Å²) in [5.74, 6) is 1.00. The summed E-state index contributed by atoms with van der Waals surface area (Å²) in [5, 5.41) is 3.44. The minimum Gasteiger partial charge on any atom is -0.465 e. The number of nitrogens with one attached hydrogen (secondary N) is 1. The lowest BCUT2D eigenvalue weighted by Crippen LogP contribution is -2.62. The van der Waals surface area contributed by atoms with Crippen LogP contribution in [-0.2, 0) is 9.53 Å². The maximum atomic E-state index is 12.8. The van der Waals surface area contributed by atoms with Crippen LogP contribution < -0.4 is 5.32 Å². The lowest BCUT2D eigenvalue weighted by atomic mass is 9.68. The fourth-order valence-corrected chi connectivity index (χ4v) is 3.96. The zero-order valence-electron chi connectivity index (χ0n) is 13.3. The fourth-order valence-electron chi connectivity index (χ4n) is 3.96. The van der Waals surface area contributed by atoms with Gasteiger partial charge in [-0.2, -0.15) is 0 Å². The minimum absolute atomic E-state index is 0.0148. The number of nitrogens with zero attached hydrogens (tertiary/aromatic N) is 1. The first-order valence-corrected chi connectivity index (χ1v) is 8.24. The van der Waals surface area contributed by atoms with Crippen LogP contribution in [0.4, 0.5) is 0 Å². The average molecular weight is 282 g/mol. The standard InChI is InChI=1S/C16H30N2O2/c1-4-20-15(19)16(12-13(2)6-7-14(16)3)18-10-5-8-17-9-11-18/h13-14,17H,4-12H2,1-3H3. The molecule has 2 aliphatic rings. The second-order valence-electron chi connectivity index (χ2n) is 6.52. The highest BCUT2D eigenvalue weighted by Gasteiger charge is 2.52. The highest BCUT2D eigenvalue weighted by Crippen LogP contribution is 2.42. The summed E-state index contributed by atoms with van der Waals surface area (Å²) in [6, 6.07) is 0. The summed E-state index contributed by atoms with van der Waals surface area (Å²) in [4.78, 5) is 15.2. The Balaban J connectivity index is 2.28. The van der Waals surface area contributed by atoms with Gasteiger partial charge in [-0.05, 0) is 44.6 Å². The van der Waals surface area contributed by atoms with E-state index in [1.165, 1.54) is 6.42 Å². The molecule has 1 aliphatic heterocycles. The molecule has 1 saturated carbocycles. The first kappa shape index (κ1) is 15.8. The van der Waals surface area contributed by atoms with Crippen LogP contribution in [0.5, 0.6) is 0 Å². The van der Waals surface area contributed by atoms with E-state index in [9.17, 15) is 4.79 Å². The highest BCUT2D eigenvalue weighted by molar-refractivity contribution is 5.81. The molecule has 0 aromatic heterocycles. The Morgan fingerprint density at radius 3 is 2.85 bits per heavy atom. The Bertz CT molecular complexity index is 326. The number of ether oxygens (including phenoxy) is 1. The number of carbonyl (C=O) groups is 1. The van der Waals surface area contributed by atoms with Gasteiger partial charge in [0.15, 0.2) is 0 Å². The Hall–Kier alpha value is -0.610. The van der Waals surface area contributed by atoms with E-state index in [0.29, 0.717) is 18.4 Å². The molecule has 2 fully saturated rings. The maximum Gasteiger partial charge on any atom is 0.326 e. The van der Waals surface area contributed by atoms with Crippen molar-refractivity contribution in [2.75, 3.05) is 32.8 Å². The van der Waals surface area contributed by atoms with Gasteiger partial charge in [0.25, 0.3) is 0 Å². The number of esters is 1. The van der Waals surface area contributed by atoms with E-state index in [2.05, 4.69) is 24.1 Å². The molecule has 20 heavy (non-hydrogen) atoms. The molecule has 2 rings (SSSR count). The van der Waals surface area contributed by atoms with E-state index in [-0.39, 0.29) is 11.5 Å². The molecule has 1 saturated heterocycles. The lowest BCUT2D eigenvalue weighted by molar-refractivity contribution is -0.166. The van der Waals surface area contributed by atoms with Gasteiger partial charge in [0.1, 0.15) is 5.54 Å². The summed E-state index contributed by atoms with van der Waals surface area (Å²) >= 11 is 0. The van der Waals surface area contributed by atoms with E-state index in [1.807, 2.05) is 6.92 Å². The first-order chi connectivity index (χ1) is 9.61. The monoisotopic (exact) mass is 282 g/mol. The van der Waals surface area contributed by atoms with Crippen molar-refractivity contribution >= 4 is 5.97 Å². The number of hydrogen-bond acceptors (Lipinski definition) is 4. The van der Waals surface area contributed by atoms with Crippen molar-refractivity contribution < 1.29 is 9.53 Å². The third-order valence-electron chi connectivity index (χ3n) is 5.10. The van der Waals surface area contributed by atoms with Crippen LogP contribution in [0.15, 0.2) is 0 Å². The normalized spacial score (nSPS) is 36.4. The second-order valence-corrected chi connectivity index (χ2v) is 6.52. The van der Waals surface area contributed by atoms with Crippen molar-refractivity contribution in [3.05, 3.63) is 0 Å². The Labute approximate surface area is 123 Å². The van der Waals surface area contributed by atoms with Gasteiger partial charge in [0.2, 0.25) is 0 Å². The van der Waals surface area contributed by atoms with E-state index >= 15 is 0 Å². The van der Waals surface area contributed by atoms with Crippen LogP contribution in [-0.4, -0.2) is 49.2 Å². The van der Waals surface area contributed by atoms with Gasteiger partial charge in [-0.3, -0.25) is 9.69 Å². The number of rotatable bonds is 3. The van der Waals surface area contributed by atoms with Crippen LogP contribution in [0.25, 0.3) is 0 Å². The predicted octanol–water partition coefficient (Wildman–Crippen LogP) is 2.04. The summed E-state index contributed by atoms with van der Waals surface area (Å²) in [5.41, 5.74) is -0.389. The van der Waals surface area contributed by atoms with Crippen molar-refractivity contribution in [3.63, 3.8) is 0 Å². The van der Waals surface area contributed by atoms with Gasteiger partial charge < -0.3 is 10.1 Å². The summed E-state index contributed by atoms with van der Waals surface area (Å²) in [6.45, 7) is 10.9. The van der Waals surface area contributed by atoms with Crippen molar-refractivity contribution in [1.82, 2.24) is 10.2 Å². The molecule has 4 heteroatoms. The predicted molar refractivity (Wildman–Crippen MR) is 80.6 cm³/mol. The zero-order chi connectivity index (χ0) is 14.6. The van der Waals surface area contributed by atoms with E-state index in [0.717, 1.165) is 45.4 Å². The summed E-state index contributed by atoms with van der Waals surface area (Å²) < 4.78 is 5.50. The van der Waals surface area contributed by atoms with Gasteiger partial charge >= 0.3 is 5.97 Å². The molecule has 0 radical (unpaired) electrons. The highest BCUT2D eigenvalue weighted by atomic mass is 16.5. The fraction of sp³-hybridized carbons (Fsp3) is 0.938. The molecule has 0 spiro atoms. The molecule has 0 amide bonds. The number of carbonyl (C=O) groups excluding carboxylic acids is 1. The maximum absolute atomic E-state index is 12.8. The molecule has 1 N–H and O–H groups in total. The van der Waals surface area contributed by atoms with Crippen LogP contribution in [0.2, 0.25) is 0 Å². The first-order valence-electron chi connectivity index (χ1n) is 8.24. The Morgan fingerprint density at radius 2 is 2.10 bits per heavy atom. The Kier molecular flexibility index (Phi) is 5.44. The van der Waals surface area contributed by atoms with Gasteiger partial charge in [-0.25, -0.2) is 0 Å².